The summed E-state index contributed by atoms with van der Waals surface area (Å²) in [6.45, 7) is 5.45. The third-order valence-electron chi connectivity index (χ3n) is 3.40. The van der Waals surface area contributed by atoms with Gasteiger partial charge in [-0.05, 0) is 54.2 Å². The number of nitrogens with zero attached hydrogens (tertiary/aromatic N) is 1. The van der Waals surface area contributed by atoms with Crippen LogP contribution in [-0.2, 0) is 0 Å². The molecule has 0 bridgehead atoms. The van der Waals surface area contributed by atoms with Gasteiger partial charge in [-0.25, -0.2) is 0 Å². The van der Waals surface area contributed by atoms with E-state index in [0.29, 0.717) is 12.1 Å². The Hall–Kier alpha value is -0.540. The van der Waals surface area contributed by atoms with Crippen LogP contribution >= 0.6 is 15.9 Å². The van der Waals surface area contributed by atoms with Crippen LogP contribution in [0.4, 0.5) is 5.69 Å². The molecule has 1 fully saturated rings. The Morgan fingerprint density at radius 1 is 1.44 bits per heavy atom. The standard InChI is InChI=1S/C13H19BrN2/c1-9-4-3-5-12(13(9)14)16-7-6-11(15)8-10(16)2/h3-5,10-11H,6-8,15H2,1-2H3. The predicted molar refractivity (Wildman–Crippen MR) is 72.9 cm³/mol. The average molecular weight is 283 g/mol. The number of aryl methyl sites for hydroxylation is 1. The van der Waals surface area contributed by atoms with E-state index in [2.05, 4.69) is 52.9 Å². The first-order valence-corrected chi connectivity index (χ1v) is 6.66. The van der Waals surface area contributed by atoms with Crippen LogP contribution in [0.5, 0.6) is 0 Å². The third kappa shape index (κ3) is 2.25. The summed E-state index contributed by atoms with van der Waals surface area (Å²) in [6, 6.07) is 7.34. The minimum atomic E-state index is 0.370. The molecule has 0 aromatic heterocycles. The molecular formula is C13H19BrN2. The molecule has 0 saturated carbocycles. The summed E-state index contributed by atoms with van der Waals surface area (Å²) in [5, 5.41) is 0. The molecule has 1 aliphatic heterocycles. The summed E-state index contributed by atoms with van der Waals surface area (Å²) in [6.07, 6.45) is 2.17. The number of piperidine rings is 1. The van der Waals surface area contributed by atoms with E-state index in [1.807, 2.05) is 0 Å². The molecule has 2 unspecified atom stereocenters. The van der Waals surface area contributed by atoms with Crippen LogP contribution in [0.1, 0.15) is 25.3 Å². The van der Waals surface area contributed by atoms with Crippen molar-refractivity contribution in [3.8, 4) is 0 Å². The lowest BCUT2D eigenvalue weighted by molar-refractivity contribution is 0.429. The predicted octanol–water partition coefficient (Wildman–Crippen LogP) is 3.07. The van der Waals surface area contributed by atoms with E-state index in [9.17, 15) is 0 Å². The normalized spacial score (nSPS) is 25.9. The summed E-state index contributed by atoms with van der Waals surface area (Å²) in [5.41, 5.74) is 8.59. The minimum absolute atomic E-state index is 0.370. The van der Waals surface area contributed by atoms with Crippen LogP contribution in [0.25, 0.3) is 0 Å². The van der Waals surface area contributed by atoms with E-state index in [-0.39, 0.29) is 0 Å². The number of benzene rings is 1. The summed E-state index contributed by atoms with van der Waals surface area (Å²) in [5.74, 6) is 0. The van der Waals surface area contributed by atoms with Gasteiger partial charge in [-0.3, -0.25) is 0 Å². The first-order valence-electron chi connectivity index (χ1n) is 5.87. The lowest BCUT2D eigenvalue weighted by Gasteiger charge is -2.38. The Kier molecular flexibility index (Phi) is 3.55. The number of anilines is 1. The van der Waals surface area contributed by atoms with Crippen molar-refractivity contribution in [3.63, 3.8) is 0 Å². The molecule has 1 aromatic carbocycles. The van der Waals surface area contributed by atoms with Crippen LogP contribution in [0.15, 0.2) is 22.7 Å². The van der Waals surface area contributed by atoms with E-state index in [1.165, 1.54) is 15.7 Å². The van der Waals surface area contributed by atoms with Crippen molar-refractivity contribution in [2.75, 3.05) is 11.4 Å². The maximum absolute atomic E-state index is 6.00. The van der Waals surface area contributed by atoms with Crippen LogP contribution in [0, 0.1) is 6.92 Å². The molecule has 1 heterocycles. The SMILES string of the molecule is Cc1cccc(N2CCC(N)CC2C)c1Br. The molecule has 0 radical (unpaired) electrons. The Morgan fingerprint density at radius 3 is 2.88 bits per heavy atom. The topological polar surface area (TPSA) is 29.3 Å². The largest absolute Gasteiger partial charge is 0.368 e. The lowest BCUT2D eigenvalue weighted by Crippen LogP contribution is -2.45. The molecule has 1 aliphatic rings. The zero-order valence-electron chi connectivity index (χ0n) is 9.91. The first kappa shape index (κ1) is 11.9. The van der Waals surface area contributed by atoms with Crippen molar-refractivity contribution in [2.45, 2.75) is 38.8 Å². The second-order valence-electron chi connectivity index (χ2n) is 4.73. The Morgan fingerprint density at radius 2 is 2.19 bits per heavy atom. The van der Waals surface area contributed by atoms with Crippen molar-refractivity contribution in [1.29, 1.82) is 0 Å². The smallest absolute Gasteiger partial charge is 0.0515 e. The maximum Gasteiger partial charge on any atom is 0.0515 e. The van der Waals surface area contributed by atoms with Crippen molar-refractivity contribution in [1.82, 2.24) is 0 Å². The summed E-state index contributed by atoms with van der Waals surface area (Å²) >= 11 is 3.69. The molecule has 0 spiro atoms. The van der Waals surface area contributed by atoms with Gasteiger partial charge in [0.25, 0.3) is 0 Å². The molecule has 1 aromatic rings. The molecule has 0 amide bonds. The van der Waals surface area contributed by atoms with Gasteiger partial charge >= 0.3 is 0 Å². The summed E-state index contributed by atoms with van der Waals surface area (Å²) in [7, 11) is 0. The summed E-state index contributed by atoms with van der Waals surface area (Å²) in [4.78, 5) is 2.46. The van der Waals surface area contributed by atoms with E-state index < -0.39 is 0 Å². The highest BCUT2D eigenvalue weighted by Crippen LogP contribution is 2.33. The van der Waals surface area contributed by atoms with Gasteiger partial charge in [0.1, 0.15) is 0 Å². The van der Waals surface area contributed by atoms with Crippen LogP contribution in [0.3, 0.4) is 0 Å². The number of nitrogens with two attached hydrogens (primary N) is 1. The second kappa shape index (κ2) is 4.76. The van der Waals surface area contributed by atoms with Crippen molar-refractivity contribution >= 4 is 21.6 Å². The van der Waals surface area contributed by atoms with Crippen molar-refractivity contribution < 1.29 is 0 Å². The molecule has 3 heteroatoms. The number of hydrogen-bond donors (Lipinski definition) is 1. The highest BCUT2D eigenvalue weighted by atomic mass is 79.9. The Labute approximate surface area is 106 Å². The average Bonchev–Trinajstić information content (AvgIpc) is 2.23. The third-order valence-corrected chi connectivity index (χ3v) is 4.43. The van der Waals surface area contributed by atoms with Gasteiger partial charge in [-0.15, -0.1) is 0 Å². The molecule has 2 rings (SSSR count). The van der Waals surface area contributed by atoms with E-state index in [0.717, 1.165) is 19.4 Å². The van der Waals surface area contributed by atoms with Gasteiger partial charge in [0.15, 0.2) is 0 Å². The van der Waals surface area contributed by atoms with Crippen LogP contribution < -0.4 is 10.6 Å². The fourth-order valence-corrected chi connectivity index (χ4v) is 2.91. The van der Waals surface area contributed by atoms with E-state index >= 15 is 0 Å². The fourth-order valence-electron chi connectivity index (χ4n) is 2.42. The quantitative estimate of drug-likeness (QED) is 0.858. The number of rotatable bonds is 1. The highest BCUT2D eigenvalue weighted by Gasteiger charge is 2.24. The monoisotopic (exact) mass is 282 g/mol. The van der Waals surface area contributed by atoms with Gasteiger partial charge in [0, 0.05) is 23.1 Å². The van der Waals surface area contributed by atoms with Gasteiger partial charge in [-0.2, -0.15) is 0 Å². The molecule has 16 heavy (non-hydrogen) atoms. The van der Waals surface area contributed by atoms with E-state index in [1.54, 1.807) is 0 Å². The first-order chi connectivity index (χ1) is 7.59. The molecule has 2 nitrogen and oxygen atoms in total. The fraction of sp³-hybridized carbons (Fsp3) is 0.538. The van der Waals surface area contributed by atoms with Gasteiger partial charge in [-0.1, -0.05) is 12.1 Å². The molecule has 1 saturated heterocycles. The van der Waals surface area contributed by atoms with Gasteiger partial charge in [0.05, 0.1) is 5.69 Å². The van der Waals surface area contributed by atoms with Gasteiger partial charge in [0.2, 0.25) is 0 Å². The summed E-state index contributed by atoms with van der Waals surface area (Å²) < 4.78 is 1.22. The molecule has 88 valence electrons. The molecule has 2 N–H and O–H groups in total. The lowest BCUT2D eigenvalue weighted by atomic mass is 9.98. The Bertz CT molecular complexity index is 378. The molecule has 2 atom stereocenters. The number of hydrogen-bond acceptors (Lipinski definition) is 2. The van der Waals surface area contributed by atoms with Gasteiger partial charge < -0.3 is 10.6 Å². The Balaban J connectivity index is 2.27. The zero-order valence-corrected chi connectivity index (χ0v) is 11.5. The zero-order chi connectivity index (χ0) is 11.7. The molecule has 0 aliphatic carbocycles. The number of halogens is 1. The van der Waals surface area contributed by atoms with Crippen molar-refractivity contribution in [3.05, 3.63) is 28.2 Å². The second-order valence-corrected chi connectivity index (χ2v) is 5.53. The van der Waals surface area contributed by atoms with Crippen molar-refractivity contribution in [2.24, 2.45) is 5.73 Å². The van der Waals surface area contributed by atoms with E-state index in [4.69, 9.17) is 5.73 Å². The minimum Gasteiger partial charge on any atom is -0.368 e. The molecular weight excluding hydrogens is 264 g/mol. The maximum atomic E-state index is 6.00. The van der Waals surface area contributed by atoms with Crippen LogP contribution in [0.2, 0.25) is 0 Å². The highest BCUT2D eigenvalue weighted by molar-refractivity contribution is 9.10. The van der Waals surface area contributed by atoms with Crippen LogP contribution in [-0.4, -0.2) is 18.6 Å².